The minimum atomic E-state index is -0.386. The molecule has 1 saturated heterocycles. The molecule has 0 aromatic heterocycles. The third-order valence-electron chi connectivity index (χ3n) is 4.85. The van der Waals surface area contributed by atoms with Crippen molar-refractivity contribution in [3.05, 3.63) is 71.8 Å². The van der Waals surface area contributed by atoms with Crippen molar-refractivity contribution in [3.8, 4) is 0 Å². The SMILES string of the molecule is CC(NC(=O)[C@@H]1CC[C@H](CN)O1)C(c1ccccc1)c1ccccc1.Cl. The summed E-state index contributed by atoms with van der Waals surface area (Å²) in [7, 11) is 0. The first-order valence-electron chi connectivity index (χ1n) is 8.95. The van der Waals surface area contributed by atoms with Gasteiger partial charge in [0.25, 0.3) is 0 Å². The minimum Gasteiger partial charge on any atom is -0.364 e. The molecule has 0 bridgehead atoms. The van der Waals surface area contributed by atoms with E-state index in [0.717, 1.165) is 12.8 Å². The van der Waals surface area contributed by atoms with Gasteiger partial charge in [-0.15, -0.1) is 12.4 Å². The van der Waals surface area contributed by atoms with Crippen molar-refractivity contribution >= 4 is 18.3 Å². The maximum Gasteiger partial charge on any atom is 0.249 e. The van der Waals surface area contributed by atoms with Crippen molar-refractivity contribution in [2.45, 2.75) is 43.9 Å². The van der Waals surface area contributed by atoms with Crippen LogP contribution < -0.4 is 11.1 Å². The van der Waals surface area contributed by atoms with Gasteiger partial charge in [-0.25, -0.2) is 0 Å². The molecule has 5 heteroatoms. The third-order valence-corrected chi connectivity index (χ3v) is 4.85. The fourth-order valence-electron chi connectivity index (χ4n) is 3.56. The van der Waals surface area contributed by atoms with Gasteiger partial charge in [-0.05, 0) is 30.9 Å². The summed E-state index contributed by atoms with van der Waals surface area (Å²) in [5.41, 5.74) is 8.02. The van der Waals surface area contributed by atoms with Crippen molar-refractivity contribution < 1.29 is 9.53 Å². The third kappa shape index (κ3) is 4.85. The monoisotopic (exact) mass is 374 g/mol. The summed E-state index contributed by atoms with van der Waals surface area (Å²) in [6.45, 7) is 2.52. The van der Waals surface area contributed by atoms with Crippen LogP contribution in [0.1, 0.15) is 36.8 Å². The zero-order chi connectivity index (χ0) is 17.6. The molecule has 3 N–H and O–H groups in total. The predicted octanol–water partition coefficient (Wildman–Crippen LogP) is 3.25. The second kappa shape index (κ2) is 9.72. The van der Waals surface area contributed by atoms with Gasteiger partial charge in [-0.1, -0.05) is 60.7 Å². The molecule has 140 valence electrons. The smallest absolute Gasteiger partial charge is 0.249 e. The van der Waals surface area contributed by atoms with E-state index in [-0.39, 0.29) is 42.5 Å². The van der Waals surface area contributed by atoms with Crippen molar-refractivity contribution in [1.82, 2.24) is 5.32 Å². The molecular formula is C21H27ClN2O2. The molecule has 2 aromatic rings. The molecule has 2 aromatic carbocycles. The summed E-state index contributed by atoms with van der Waals surface area (Å²) >= 11 is 0. The van der Waals surface area contributed by atoms with Gasteiger partial charge in [0.05, 0.1) is 6.10 Å². The molecule has 1 unspecified atom stereocenters. The zero-order valence-corrected chi connectivity index (χ0v) is 15.8. The average Bonchev–Trinajstić information content (AvgIpc) is 3.13. The average molecular weight is 375 g/mol. The lowest BCUT2D eigenvalue weighted by molar-refractivity contribution is -0.132. The van der Waals surface area contributed by atoms with Gasteiger partial charge in [-0.2, -0.15) is 0 Å². The number of nitrogens with one attached hydrogen (secondary N) is 1. The van der Waals surface area contributed by atoms with Crippen molar-refractivity contribution in [1.29, 1.82) is 0 Å². The number of amides is 1. The maximum absolute atomic E-state index is 12.6. The van der Waals surface area contributed by atoms with Crippen molar-refractivity contribution in [3.63, 3.8) is 0 Å². The summed E-state index contributed by atoms with van der Waals surface area (Å²) in [6, 6.07) is 20.5. The lowest BCUT2D eigenvalue weighted by atomic mass is 9.85. The Bertz CT molecular complexity index is 641. The molecule has 4 nitrogen and oxygen atoms in total. The summed E-state index contributed by atoms with van der Waals surface area (Å²) < 4.78 is 5.73. The minimum absolute atomic E-state index is 0. The largest absolute Gasteiger partial charge is 0.364 e. The van der Waals surface area contributed by atoms with E-state index in [4.69, 9.17) is 10.5 Å². The lowest BCUT2D eigenvalue weighted by Crippen LogP contribution is -2.43. The zero-order valence-electron chi connectivity index (χ0n) is 15.0. The Morgan fingerprint density at radius 2 is 1.62 bits per heavy atom. The van der Waals surface area contributed by atoms with E-state index in [1.807, 2.05) is 36.4 Å². The molecule has 26 heavy (non-hydrogen) atoms. The summed E-state index contributed by atoms with van der Waals surface area (Å²) in [5, 5.41) is 3.16. The Balaban J connectivity index is 0.00000243. The molecule has 3 atom stereocenters. The number of carbonyl (C=O) groups is 1. The summed E-state index contributed by atoms with van der Waals surface area (Å²) in [5.74, 6) is 0.0540. The molecule has 0 spiro atoms. The van der Waals surface area contributed by atoms with E-state index in [1.54, 1.807) is 0 Å². The van der Waals surface area contributed by atoms with Crippen molar-refractivity contribution in [2.75, 3.05) is 6.54 Å². The number of benzene rings is 2. The van der Waals surface area contributed by atoms with Gasteiger partial charge < -0.3 is 15.8 Å². The van der Waals surface area contributed by atoms with Crippen LogP contribution in [0.25, 0.3) is 0 Å². The molecule has 1 amide bonds. The van der Waals surface area contributed by atoms with E-state index in [0.29, 0.717) is 6.54 Å². The quantitative estimate of drug-likeness (QED) is 0.815. The maximum atomic E-state index is 12.6. The molecule has 0 aliphatic carbocycles. The number of hydrogen-bond donors (Lipinski definition) is 2. The van der Waals surface area contributed by atoms with E-state index in [2.05, 4.69) is 36.5 Å². The van der Waals surface area contributed by atoms with Crippen LogP contribution in [0.3, 0.4) is 0 Å². The van der Waals surface area contributed by atoms with Crippen LogP contribution in [-0.4, -0.2) is 30.7 Å². The Labute approximate surface area is 161 Å². The summed E-state index contributed by atoms with van der Waals surface area (Å²) in [4.78, 5) is 12.6. The second-order valence-corrected chi connectivity index (χ2v) is 6.66. The molecule has 1 fully saturated rings. The lowest BCUT2D eigenvalue weighted by Gasteiger charge is -2.27. The van der Waals surface area contributed by atoms with E-state index in [9.17, 15) is 4.79 Å². The van der Waals surface area contributed by atoms with Gasteiger partial charge in [0.15, 0.2) is 0 Å². The summed E-state index contributed by atoms with van der Waals surface area (Å²) in [6.07, 6.45) is 1.21. The van der Waals surface area contributed by atoms with Gasteiger partial charge in [0.2, 0.25) is 5.91 Å². The number of halogens is 1. The van der Waals surface area contributed by atoms with Crippen LogP contribution >= 0.6 is 12.4 Å². The number of ether oxygens (including phenoxy) is 1. The number of rotatable bonds is 6. The molecule has 0 radical (unpaired) electrons. The molecule has 1 heterocycles. The number of hydrogen-bond acceptors (Lipinski definition) is 3. The van der Waals surface area contributed by atoms with Crippen LogP contribution in [0, 0.1) is 0 Å². The second-order valence-electron chi connectivity index (χ2n) is 6.66. The normalized spacial score (nSPS) is 20.4. The van der Waals surface area contributed by atoms with E-state index >= 15 is 0 Å². The fraction of sp³-hybridized carbons (Fsp3) is 0.381. The molecule has 0 saturated carbocycles. The Hall–Kier alpha value is -1.88. The van der Waals surface area contributed by atoms with Crippen LogP contribution in [0.2, 0.25) is 0 Å². The number of carbonyl (C=O) groups excluding carboxylic acids is 1. The molecule has 3 rings (SSSR count). The van der Waals surface area contributed by atoms with Crippen LogP contribution in [0.15, 0.2) is 60.7 Å². The Morgan fingerprint density at radius 3 is 2.08 bits per heavy atom. The fourth-order valence-corrected chi connectivity index (χ4v) is 3.56. The first-order chi connectivity index (χ1) is 12.2. The first-order valence-corrected chi connectivity index (χ1v) is 8.95. The van der Waals surface area contributed by atoms with Crippen LogP contribution in [0.5, 0.6) is 0 Å². The van der Waals surface area contributed by atoms with Gasteiger partial charge >= 0.3 is 0 Å². The van der Waals surface area contributed by atoms with Gasteiger partial charge in [-0.3, -0.25) is 4.79 Å². The van der Waals surface area contributed by atoms with E-state index < -0.39 is 0 Å². The van der Waals surface area contributed by atoms with Gasteiger partial charge in [0, 0.05) is 18.5 Å². The topological polar surface area (TPSA) is 64.4 Å². The highest BCUT2D eigenvalue weighted by Crippen LogP contribution is 2.28. The molecule has 1 aliphatic rings. The highest BCUT2D eigenvalue weighted by atomic mass is 35.5. The number of nitrogens with two attached hydrogens (primary N) is 1. The molecule has 1 aliphatic heterocycles. The van der Waals surface area contributed by atoms with Crippen LogP contribution in [0.4, 0.5) is 0 Å². The predicted molar refractivity (Wildman–Crippen MR) is 107 cm³/mol. The highest BCUT2D eigenvalue weighted by molar-refractivity contribution is 5.85. The first kappa shape index (κ1) is 20.4. The Morgan fingerprint density at radius 1 is 1.08 bits per heavy atom. The van der Waals surface area contributed by atoms with E-state index in [1.165, 1.54) is 11.1 Å². The van der Waals surface area contributed by atoms with Gasteiger partial charge in [0.1, 0.15) is 6.10 Å². The van der Waals surface area contributed by atoms with Crippen molar-refractivity contribution in [2.24, 2.45) is 5.73 Å². The highest BCUT2D eigenvalue weighted by Gasteiger charge is 2.32. The van der Waals surface area contributed by atoms with Crippen LogP contribution in [-0.2, 0) is 9.53 Å². The standard InChI is InChI=1S/C21H26N2O2.ClH/c1-15(23-21(24)19-13-12-18(14-22)25-19)20(16-8-4-2-5-9-16)17-10-6-3-7-11-17;/h2-11,15,18-20H,12-14,22H2,1H3,(H,23,24);1H/t15?,18-,19+;/m1./s1. The molecular weight excluding hydrogens is 348 g/mol. The Kier molecular flexibility index (Phi) is 7.64.